The van der Waals surface area contributed by atoms with Crippen LogP contribution in [0.15, 0.2) is 48.5 Å². The summed E-state index contributed by atoms with van der Waals surface area (Å²) in [6.07, 6.45) is -0.108. The standard InChI is InChI=1S/C26H30N2O6/c1-16(10-11-23(29)27-14-17-12-13-33-24(17)25(30)31)28-26(32)34-15-22-20-8-4-2-6-18(20)19-7-3-5-9-21(19)22/h2-9,16-17,22,24H,10-15H2,1H3,(H,27,29)(H,28,32)(H,30,31). The van der Waals surface area contributed by atoms with E-state index in [4.69, 9.17) is 14.6 Å². The Morgan fingerprint density at radius 1 is 1.09 bits per heavy atom. The van der Waals surface area contributed by atoms with Crippen LogP contribution in [0.3, 0.4) is 0 Å². The summed E-state index contributed by atoms with van der Waals surface area (Å²) in [6.45, 7) is 2.71. The van der Waals surface area contributed by atoms with Crippen molar-refractivity contribution in [3.63, 3.8) is 0 Å². The van der Waals surface area contributed by atoms with Crippen LogP contribution in [0.1, 0.15) is 43.2 Å². The number of nitrogens with one attached hydrogen (secondary N) is 2. The van der Waals surface area contributed by atoms with E-state index in [2.05, 4.69) is 34.9 Å². The summed E-state index contributed by atoms with van der Waals surface area (Å²) in [5.41, 5.74) is 4.65. The van der Waals surface area contributed by atoms with Crippen LogP contribution in [-0.2, 0) is 19.1 Å². The number of benzene rings is 2. The van der Waals surface area contributed by atoms with Gasteiger partial charge in [-0.1, -0.05) is 48.5 Å². The number of ether oxygens (including phenoxy) is 2. The van der Waals surface area contributed by atoms with Gasteiger partial charge in [-0.05, 0) is 42.0 Å². The van der Waals surface area contributed by atoms with Crippen molar-refractivity contribution >= 4 is 18.0 Å². The second-order valence-electron chi connectivity index (χ2n) is 8.89. The summed E-state index contributed by atoms with van der Waals surface area (Å²) in [7, 11) is 0. The number of hydrogen-bond donors (Lipinski definition) is 3. The van der Waals surface area contributed by atoms with Gasteiger partial charge in [0.15, 0.2) is 6.10 Å². The molecule has 0 bridgehead atoms. The molecule has 180 valence electrons. The number of carboxylic acid groups (broad SMARTS) is 1. The lowest BCUT2D eigenvalue weighted by Gasteiger charge is -2.18. The number of hydrogen-bond acceptors (Lipinski definition) is 5. The summed E-state index contributed by atoms with van der Waals surface area (Å²) in [6, 6.07) is 16.1. The van der Waals surface area contributed by atoms with Crippen LogP contribution in [-0.4, -0.2) is 55.0 Å². The van der Waals surface area contributed by atoms with Gasteiger partial charge in [0, 0.05) is 37.5 Å². The third-order valence-electron chi connectivity index (χ3n) is 6.53. The average Bonchev–Trinajstić information content (AvgIpc) is 3.43. The molecule has 8 heteroatoms. The van der Waals surface area contributed by atoms with Crippen LogP contribution in [0, 0.1) is 5.92 Å². The van der Waals surface area contributed by atoms with E-state index in [-0.39, 0.29) is 43.4 Å². The van der Waals surface area contributed by atoms with Gasteiger partial charge in [0.2, 0.25) is 5.91 Å². The van der Waals surface area contributed by atoms with Gasteiger partial charge < -0.3 is 25.2 Å². The van der Waals surface area contributed by atoms with E-state index < -0.39 is 18.2 Å². The third kappa shape index (κ3) is 5.39. The quantitative estimate of drug-likeness (QED) is 0.523. The van der Waals surface area contributed by atoms with Crippen LogP contribution in [0.4, 0.5) is 4.79 Å². The maximum absolute atomic E-state index is 12.4. The summed E-state index contributed by atoms with van der Waals surface area (Å²) >= 11 is 0. The van der Waals surface area contributed by atoms with Crippen LogP contribution in [0.2, 0.25) is 0 Å². The highest BCUT2D eigenvalue weighted by molar-refractivity contribution is 5.79. The first kappa shape index (κ1) is 23.8. The van der Waals surface area contributed by atoms with Gasteiger partial charge >= 0.3 is 12.1 Å². The Bertz CT molecular complexity index is 1010. The Morgan fingerprint density at radius 3 is 2.38 bits per heavy atom. The van der Waals surface area contributed by atoms with Gasteiger partial charge in [-0.15, -0.1) is 0 Å². The molecule has 2 aromatic carbocycles. The highest BCUT2D eigenvalue weighted by Crippen LogP contribution is 2.44. The van der Waals surface area contributed by atoms with Crippen molar-refractivity contribution in [1.29, 1.82) is 0 Å². The monoisotopic (exact) mass is 466 g/mol. The van der Waals surface area contributed by atoms with E-state index in [0.717, 1.165) is 11.1 Å². The zero-order valence-electron chi connectivity index (χ0n) is 19.2. The summed E-state index contributed by atoms with van der Waals surface area (Å²) in [5.74, 6) is -1.42. The second-order valence-corrected chi connectivity index (χ2v) is 8.89. The molecule has 3 unspecified atom stereocenters. The summed E-state index contributed by atoms with van der Waals surface area (Å²) < 4.78 is 10.7. The fourth-order valence-corrected chi connectivity index (χ4v) is 4.71. The van der Waals surface area contributed by atoms with Crippen LogP contribution < -0.4 is 10.6 Å². The Kier molecular flexibility index (Phi) is 7.47. The average molecular weight is 467 g/mol. The number of carbonyl (C=O) groups is 3. The number of rotatable bonds is 9. The Labute approximate surface area is 198 Å². The predicted octanol–water partition coefficient (Wildman–Crippen LogP) is 3.30. The summed E-state index contributed by atoms with van der Waals surface area (Å²) in [5, 5.41) is 14.7. The second kappa shape index (κ2) is 10.7. The number of amides is 2. The van der Waals surface area contributed by atoms with Crippen molar-refractivity contribution in [2.75, 3.05) is 19.8 Å². The van der Waals surface area contributed by atoms with Crippen LogP contribution in [0.5, 0.6) is 0 Å². The highest BCUT2D eigenvalue weighted by Gasteiger charge is 2.34. The first-order chi connectivity index (χ1) is 16.4. The molecule has 1 aliphatic carbocycles. The molecule has 1 fully saturated rings. The molecule has 4 rings (SSSR count). The largest absolute Gasteiger partial charge is 0.479 e. The molecule has 1 aliphatic heterocycles. The molecule has 0 radical (unpaired) electrons. The van der Waals surface area contributed by atoms with Crippen molar-refractivity contribution in [3.8, 4) is 11.1 Å². The molecular weight excluding hydrogens is 436 g/mol. The van der Waals surface area contributed by atoms with Gasteiger partial charge in [0.05, 0.1) is 0 Å². The molecule has 0 aromatic heterocycles. The van der Waals surface area contributed by atoms with E-state index in [0.29, 0.717) is 19.4 Å². The molecule has 1 saturated heterocycles. The van der Waals surface area contributed by atoms with Crippen molar-refractivity contribution in [2.24, 2.45) is 5.92 Å². The van der Waals surface area contributed by atoms with Crippen LogP contribution >= 0.6 is 0 Å². The van der Waals surface area contributed by atoms with Crippen molar-refractivity contribution in [1.82, 2.24) is 10.6 Å². The van der Waals surface area contributed by atoms with Crippen molar-refractivity contribution in [2.45, 2.75) is 44.2 Å². The minimum absolute atomic E-state index is 0.00608. The molecule has 34 heavy (non-hydrogen) atoms. The molecule has 0 spiro atoms. The fourth-order valence-electron chi connectivity index (χ4n) is 4.71. The molecule has 0 saturated carbocycles. The Balaban J connectivity index is 1.20. The first-order valence-electron chi connectivity index (χ1n) is 11.7. The summed E-state index contributed by atoms with van der Waals surface area (Å²) in [4.78, 5) is 35.7. The maximum atomic E-state index is 12.4. The molecule has 3 atom stereocenters. The number of aliphatic carboxylic acids is 1. The predicted molar refractivity (Wildman–Crippen MR) is 125 cm³/mol. The molecule has 2 aliphatic rings. The molecule has 2 amide bonds. The van der Waals surface area contributed by atoms with Crippen molar-refractivity contribution in [3.05, 3.63) is 59.7 Å². The molecule has 2 aromatic rings. The lowest BCUT2D eigenvalue weighted by atomic mass is 9.98. The van der Waals surface area contributed by atoms with Gasteiger partial charge in [0.25, 0.3) is 0 Å². The molecule has 3 N–H and O–H groups in total. The zero-order chi connectivity index (χ0) is 24.1. The SMILES string of the molecule is CC(CCC(=O)NCC1CCOC1C(=O)O)NC(=O)OCC1c2ccccc2-c2ccccc21. The van der Waals surface area contributed by atoms with Gasteiger partial charge in [-0.3, -0.25) is 4.79 Å². The highest BCUT2D eigenvalue weighted by atomic mass is 16.5. The molecular formula is C26H30N2O6. The van der Waals surface area contributed by atoms with Crippen LogP contribution in [0.25, 0.3) is 11.1 Å². The van der Waals surface area contributed by atoms with E-state index in [1.165, 1.54) is 11.1 Å². The fraction of sp³-hybridized carbons (Fsp3) is 0.423. The Morgan fingerprint density at radius 2 is 1.74 bits per heavy atom. The zero-order valence-corrected chi connectivity index (χ0v) is 19.2. The minimum Gasteiger partial charge on any atom is -0.479 e. The van der Waals surface area contributed by atoms with Gasteiger partial charge in [-0.25, -0.2) is 9.59 Å². The van der Waals surface area contributed by atoms with Gasteiger partial charge in [0.1, 0.15) is 6.61 Å². The topological polar surface area (TPSA) is 114 Å². The number of carbonyl (C=O) groups excluding carboxylic acids is 2. The normalized spacial score (nSPS) is 19.7. The van der Waals surface area contributed by atoms with E-state index in [1.54, 1.807) is 0 Å². The molecule has 1 heterocycles. The lowest BCUT2D eigenvalue weighted by molar-refractivity contribution is -0.149. The van der Waals surface area contributed by atoms with E-state index >= 15 is 0 Å². The number of carboxylic acids is 1. The molecule has 8 nitrogen and oxygen atoms in total. The van der Waals surface area contributed by atoms with E-state index in [1.807, 2.05) is 31.2 Å². The smallest absolute Gasteiger partial charge is 0.407 e. The number of fused-ring (bicyclic) bond motifs is 3. The third-order valence-corrected chi connectivity index (χ3v) is 6.53. The first-order valence-corrected chi connectivity index (χ1v) is 11.7. The Hall–Kier alpha value is -3.39. The maximum Gasteiger partial charge on any atom is 0.407 e. The van der Waals surface area contributed by atoms with Crippen molar-refractivity contribution < 1.29 is 29.0 Å². The minimum atomic E-state index is -1.00. The lowest BCUT2D eigenvalue weighted by Crippen LogP contribution is -2.38. The number of alkyl carbamates (subject to hydrolysis) is 1. The van der Waals surface area contributed by atoms with Gasteiger partial charge in [-0.2, -0.15) is 0 Å². The van der Waals surface area contributed by atoms with E-state index in [9.17, 15) is 14.4 Å².